The number of aromatic hydroxyl groups is 1. The molecule has 1 saturated heterocycles. The maximum atomic E-state index is 11.9. The molecular formula is C11H12BrN3O3. The van der Waals surface area contributed by atoms with Gasteiger partial charge in [0.25, 0.3) is 0 Å². The fraction of sp³-hybridized carbons (Fsp3) is 0.273. The van der Waals surface area contributed by atoms with Crippen LogP contribution in [0.2, 0.25) is 0 Å². The molecule has 1 atom stereocenters. The lowest BCUT2D eigenvalue weighted by molar-refractivity contribution is -0.124. The second kappa shape index (κ2) is 5.36. The number of anilines is 1. The van der Waals surface area contributed by atoms with Gasteiger partial charge in [0.15, 0.2) is 0 Å². The predicted octanol–water partition coefficient (Wildman–Crippen LogP) is 0.181. The van der Waals surface area contributed by atoms with Crippen molar-refractivity contribution in [2.45, 2.75) is 6.04 Å². The summed E-state index contributed by atoms with van der Waals surface area (Å²) in [7, 11) is 0. The Hall–Kier alpha value is -1.60. The zero-order valence-electron chi connectivity index (χ0n) is 9.37. The van der Waals surface area contributed by atoms with Crippen molar-refractivity contribution in [3.8, 4) is 5.75 Å². The molecule has 7 heteroatoms. The number of phenolic OH excluding ortho intramolecular Hbond substituents is 1. The largest absolute Gasteiger partial charge is 0.506 e. The van der Waals surface area contributed by atoms with E-state index >= 15 is 0 Å². The first kappa shape index (κ1) is 12.8. The van der Waals surface area contributed by atoms with Gasteiger partial charge in [-0.2, -0.15) is 0 Å². The number of phenols is 1. The van der Waals surface area contributed by atoms with Gasteiger partial charge in [-0.05, 0) is 18.2 Å². The molecule has 1 fully saturated rings. The van der Waals surface area contributed by atoms with Crippen LogP contribution in [0, 0.1) is 0 Å². The van der Waals surface area contributed by atoms with Gasteiger partial charge in [0.2, 0.25) is 11.8 Å². The van der Waals surface area contributed by atoms with Crippen molar-refractivity contribution in [3.05, 3.63) is 22.7 Å². The highest BCUT2D eigenvalue weighted by atomic mass is 79.9. The van der Waals surface area contributed by atoms with Crippen LogP contribution < -0.4 is 16.0 Å². The Morgan fingerprint density at radius 2 is 2.28 bits per heavy atom. The van der Waals surface area contributed by atoms with Crippen molar-refractivity contribution in [2.75, 3.05) is 18.4 Å². The molecule has 6 nitrogen and oxygen atoms in total. The SMILES string of the molecule is O=C1CNC(C(=O)Nc2cc(Br)ccc2O)CN1. The average Bonchev–Trinajstić information content (AvgIpc) is 2.34. The Kier molecular flexibility index (Phi) is 3.83. The van der Waals surface area contributed by atoms with Crippen molar-refractivity contribution in [1.82, 2.24) is 10.6 Å². The van der Waals surface area contributed by atoms with Crippen LogP contribution in [-0.4, -0.2) is 36.1 Å². The molecule has 1 heterocycles. The van der Waals surface area contributed by atoms with Crippen molar-refractivity contribution >= 4 is 33.4 Å². The molecule has 1 aliphatic heterocycles. The number of nitrogens with one attached hydrogen (secondary N) is 3. The Morgan fingerprint density at radius 1 is 1.50 bits per heavy atom. The fourth-order valence-electron chi connectivity index (χ4n) is 1.58. The second-order valence-electron chi connectivity index (χ2n) is 3.89. The number of hydrogen-bond acceptors (Lipinski definition) is 4. The van der Waals surface area contributed by atoms with E-state index in [0.717, 1.165) is 4.47 Å². The van der Waals surface area contributed by atoms with Crippen molar-refractivity contribution in [1.29, 1.82) is 0 Å². The normalized spacial score (nSPS) is 19.2. The molecule has 2 amide bonds. The smallest absolute Gasteiger partial charge is 0.243 e. The molecule has 1 aromatic carbocycles. The molecule has 18 heavy (non-hydrogen) atoms. The lowest BCUT2D eigenvalue weighted by atomic mass is 10.2. The highest BCUT2D eigenvalue weighted by molar-refractivity contribution is 9.10. The van der Waals surface area contributed by atoms with Crippen LogP contribution in [0.4, 0.5) is 5.69 Å². The summed E-state index contributed by atoms with van der Waals surface area (Å²) in [5.41, 5.74) is 0.327. The summed E-state index contributed by atoms with van der Waals surface area (Å²) in [4.78, 5) is 22.8. The Morgan fingerprint density at radius 3 is 2.94 bits per heavy atom. The van der Waals surface area contributed by atoms with Gasteiger partial charge in [0.05, 0.1) is 12.2 Å². The number of carbonyl (C=O) groups excluding carboxylic acids is 2. The maximum Gasteiger partial charge on any atom is 0.243 e. The van der Waals surface area contributed by atoms with Crippen LogP contribution in [0.25, 0.3) is 0 Å². The maximum absolute atomic E-state index is 11.9. The molecule has 1 aromatic rings. The third-order valence-electron chi connectivity index (χ3n) is 2.55. The van der Waals surface area contributed by atoms with Gasteiger partial charge >= 0.3 is 0 Å². The lowest BCUT2D eigenvalue weighted by Gasteiger charge is -2.23. The van der Waals surface area contributed by atoms with Crippen molar-refractivity contribution in [3.63, 3.8) is 0 Å². The molecule has 1 unspecified atom stereocenters. The van der Waals surface area contributed by atoms with Crippen LogP contribution in [0.3, 0.4) is 0 Å². The number of carbonyl (C=O) groups is 2. The lowest BCUT2D eigenvalue weighted by Crippen LogP contribution is -2.56. The summed E-state index contributed by atoms with van der Waals surface area (Å²) in [6, 6.07) is 4.26. The number of piperazine rings is 1. The molecule has 0 spiro atoms. The molecule has 0 saturated carbocycles. The van der Waals surface area contributed by atoms with E-state index in [2.05, 4.69) is 31.9 Å². The molecule has 2 rings (SSSR count). The first-order chi connectivity index (χ1) is 8.56. The number of hydrogen-bond donors (Lipinski definition) is 4. The highest BCUT2D eigenvalue weighted by Gasteiger charge is 2.24. The van der Waals surface area contributed by atoms with E-state index in [1.807, 2.05) is 0 Å². The predicted molar refractivity (Wildman–Crippen MR) is 69.2 cm³/mol. The summed E-state index contributed by atoms with van der Waals surface area (Å²) in [6.07, 6.45) is 0. The minimum atomic E-state index is -0.499. The molecule has 0 bridgehead atoms. The minimum Gasteiger partial charge on any atom is -0.506 e. The van der Waals surface area contributed by atoms with E-state index in [-0.39, 0.29) is 30.7 Å². The van der Waals surface area contributed by atoms with Crippen LogP contribution in [0.15, 0.2) is 22.7 Å². The molecule has 1 aliphatic rings. The molecule has 4 N–H and O–H groups in total. The average molecular weight is 314 g/mol. The summed E-state index contributed by atoms with van der Waals surface area (Å²) < 4.78 is 0.750. The van der Waals surface area contributed by atoms with Gasteiger partial charge in [-0.25, -0.2) is 0 Å². The molecule has 0 radical (unpaired) electrons. The summed E-state index contributed by atoms with van der Waals surface area (Å²) in [5, 5.41) is 17.6. The first-order valence-electron chi connectivity index (χ1n) is 5.36. The fourth-order valence-corrected chi connectivity index (χ4v) is 1.94. The number of halogens is 1. The van der Waals surface area contributed by atoms with Gasteiger partial charge < -0.3 is 15.7 Å². The molecule has 0 aromatic heterocycles. The van der Waals surface area contributed by atoms with E-state index in [0.29, 0.717) is 5.69 Å². The van der Waals surface area contributed by atoms with Gasteiger partial charge in [0.1, 0.15) is 11.8 Å². The van der Waals surface area contributed by atoms with E-state index in [1.165, 1.54) is 6.07 Å². The summed E-state index contributed by atoms with van der Waals surface area (Å²) >= 11 is 3.26. The van der Waals surface area contributed by atoms with Crippen LogP contribution in [-0.2, 0) is 9.59 Å². The number of rotatable bonds is 2. The third-order valence-corrected chi connectivity index (χ3v) is 3.04. The van der Waals surface area contributed by atoms with Gasteiger partial charge in [-0.3, -0.25) is 14.9 Å². The number of benzene rings is 1. The van der Waals surface area contributed by atoms with Crippen molar-refractivity contribution in [2.24, 2.45) is 0 Å². The molecule has 0 aliphatic carbocycles. The minimum absolute atomic E-state index is 0.00797. The zero-order valence-corrected chi connectivity index (χ0v) is 11.0. The number of amides is 2. The van der Waals surface area contributed by atoms with Crippen LogP contribution in [0.1, 0.15) is 0 Å². The van der Waals surface area contributed by atoms with E-state index < -0.39 is 6.04 Å². The standard InChI is InChI=1S/C11H12BrN3O3/c12-6-1-2-9(16)7(3-6)15-11(18)8-4-14-10(17)5-13-8/h1-3,8,13,16H,4-5H2,(H,14,17)(H,15,18). The molecule has 96 valence electrons. The van der Waals surface area contributed by atoms with Gasteiger partial charge in [0, 0.05) is 11.0 Å². The van der Waals surface area contributed by atoms with Gasteiger partial charge in [-0.1, -0.05) is 15.9 Å². The van der Waals surface area contributed by atoms with E-state index in [4.69, 9.17) is 0 Å². The van der Waals surface area contributed by atoms with Gasteiger partial charge in [-0.15, -0.1) is 0 Å². The monoisotopic (exact) mass is 313 g/mol. The zero-order chi connectivity index (χ0) is 13.1. The van der Waals surface area contributed by atoms with Crippen LogP contribution >= 0.6 is 15.9 Å². The second-order valence-corrected chi connectivity index (χ2v) is 4.80. The molecular weight excluding hydrogens is 302 g/mol. The van der Waals surface area contributed by atoms with Crippen LogP contribution in [0.5, 0.6) is 5.75 Å². The first-order valence-corrected chi connectivity index (χ1v) is 6.15. The van der Waals surface area contributed by atoms with E-state index in [1.54, 1.807) is 12.1 Å². The topological polar surface area (TPSA) is 90.5 Å². The van der Waals surface area contributed by atoms with E-state index in [9.17, 15) is 14.7 Å². The third kappa shape index (κ3) is 2.99. The van der Waals surface area contributed by atoms with Crippen molar-refractivity contribution < 1.29 is 14.7 Å². The Balaban J connectivity index is 2.02. The highest BCUT2D eigenvalue weighted by Crippen LogP contribution is 2.26. The quantitative estimate of drug-likeness (QED) is 0.586. The Labute approximate surface area is 112 Å². The summed E-state index contributed by atoms with van der Waals surface area (Å²) in [6.45, 7) is 0.349. The summed E-state index contributed by atoms with van der Waals surface area (Å²) in [5.74, 6) is -0.445. The Bertz CT molecular complexity index is 482.